The molecular weight excluding hydrogens is 362 g/mol. The molecule has 1 N–H and O–H groups in total. The molecule has 1 saturated heterocycles. The number of fused-ring (bicyclic) bond motifs is 1. The van der Waals surface area contributed by atoms with Gasteiger partial charge in [0.2, 0.25) is 0 Å². The summed E-state index contributed by atoms with van der Waals surface area (Å²) >= 11 is 5.97. The Labute approximate surface area is 161 Å². The molecule has 0 atom stereocenters. The number of urea groups is 1. The van der Waals surface area contributed by atoms with E-state index in [2.05, 4.69) is 9.88 Å². The van der Waals surface area contributed by atoms with E-state index in [-0.39, 0.29) is 11.9 Å². The molecule has 5 nitrogen and oxygen atoms in total. The minimum absolute atomic E-state index is 0.294. The molecule has 2 aromatic carbocycles. The first kappa shape index (κ1) is 17.4. The number of likely N-dealkylation sites (N-methyl/N-ethyl adjacent to an activating group) is 1. The summed E-state index contributed by atoms with van der Waals surface area (Å²) in [4.78, 5) is 25.5. The van der Waals surface area contributed by atoms with Crippen molar-refractivity contribution in [2.75, 3.05) is 6.54 Å². The second-order valence-corrected chi connectivity index (χ2v) is 6.83. The van der Waals surface area contributed by atoms with Gasteiger partial charge in [0.15, 0.2) is 0 Å². The van der Waals surface area contributed by atoms with Crippen LogP contribution in [0.1, 0.15) is 18.1 Å². The van der Waals surface area contributed by atoms with E-state index >= 15 is 0 Å². The third-order valence-electron chi connectivity index (χ3n) is 4.66. The van der Waals surface area contributed by atoms with E-state index in [9.17, 15) is 9.59 Å². The molecule has 0 radical (unpaired) electrons. The number of imide groups is 1. The van der Waals surface area contributed by atoms with Gasteiger partial charge >= 0.3 is 6.03 Å². The lowest BCUT2D eigenvalue weighted by molar-refractivity contribution is -0.122. The number of hydrogen-bond donors (Lipinski definition) is 1. The molecule has 2 heterocycles. The molecule has 0 bridgehead atoms. The van der Waals surface area contributed by atoms with Crippen LogP contribution in [-0.4, -0.2) is 28.0 Å². The predicted molar refractivity (Wildman–Crippen MR) is 106 cm³/mol. The van der Waals surface area contributed by atoms with Gasteiger partial charge in [-0.3, -0.25) is 9.69 Å². The molecule has 0 aliphatic carbocycles. The summed E-state index contributed by atoms with van der Waals surface area (Å²) in [6.07, 6.45) is 3.75. The highest BCUT2D eigenvalue weighted by Crippen LogP contribution is 2.25. The van der Waals surface area contributed by atoms with Crippen LogP contribution in [0.4, 0.5) is 4.79 Å². The van der Waals surface area contributed by atoms with Crippen LogP contribution in [0.2, 0.25) is 5.02 Å². The van der Waals surface area contributed by atoms with Crippen molar-refractivity contribution in [3.8, 4) is 0 Å². The van der Waals surface area contributed by atoms with Crippen molar-refractivity contribution >= 4 is 40.5 Å². The topological polar surface area (TPSA) is 54.3 Å². The molecule has 1 aromatic heterocycles. The highest BCUT2D eigenvalue weighted by molar-refractivity contribution is 6.30. The third kappa shape index (κ3) is 3.22. The van der Waals surface area contributed by atoms with Crippen molar-refractivity contribution in [2.24, 2.45) is 0 Å². The van der Waals surface area contributed by atoms with E-state index in [1.54, 1.807) is 13.0 Å². The number of benzene rings is 2. The average Bonchev–Trinajstić information content (AvgIpc) is 3.14. The lowest BCUT2D eigenvalue weighted by Crippen LogP contribution is -2.30. The summed E-state index contributed by atoms with van der Waals surface area (Å²) in [7, 11) is 0. The van der Waals surface area contributed by atoms with Crippen LogP contribution < -0.4 is 5.32 Å². The molecule has 3 amide bonds. The summed E-state index contributed by atoms with van der Waals surface area (Å²) in [5, 5.41) is 4.39. The van der Waals surface area contributed by atoms with Gasteiger partial charge < -0.3 is 9.88 Å². The van der Waals surface area contributed by atoms with Crippen LogP contribution in [-0.2, 0) is 11.3 Å². The number of carbonyl (C=O) groups excluding carboxylic acids is 2. The molecule has 136 valence electrons. The highest BCUT2D eigenvalue weighted by Gasteiger charge is 2.32. The second kappa shape index (κ2) is 6.93. The van der Waals surface area contributed by atoms with Crippen LogP contribution >= 0.6 is 11.6 Å². The van der Waals surface area contributed by atoms with E-state index in [4.69, 9.17) is 11.6 Å². The van der Waals surface area contributed by atoms with Crippen molar-refractivity contribution in [2.45, 2.75) is 13.5 Å². The van der Waals surface area contributed by atoms with Crippen LogP contribution in [0, 0.1) is 0 Å². The number of aromatic nitrogens is 1. The van der Waals surface area contributed by atoms with Crippen molar-refractivity contribution in [1.82, 2.24) is 14.8 Å². The molecule has 6 heteroatoms. The van der Waals surface area contributed by atoms with E-state index < -0.39 is 0 Å². The van der Waals surface area contributed by atoms with E-state index in [1.807, 2.05) is 54.7 Å². The lowest BCUT2D eigenvalue weighted by Gasteiger charge is -2.06. The zero-order valence-electron chi connectivity index (χ0n) is 14.8. The van der Waals surface area contributed by atoms with Gasteiger partial charge in [-0.15, -0.1) is 0 Å². The van der Waals surface area contributed by atoms with Crippen molar-refractivity contribution < 1.29 is 9.59 Å². The minimum Gasteiger partial charge on any atom is -0.342 e. The van der Waals surface area contributed by atoms with Gasteiger partial charge in [-0.25, -0.2) is 4.79 Å². The maximum absolute atomic E-state index is 12.4. The molecule has 0 unspecified atom stereocenters. The molecule has 1 fully saturated rings. The SMILES string of the molecule is CCN1C(=O)NC(=Cc2cn(Cc3ccc(Cl)cc3)c3ccccc23)C1=O. The Morgan fingerprint density at radius 2 is 1.81 bits per heavy atom. The number of para-hydroxylation sites is 1. The zero-order valence-corrected chi connectivity index (χ0v) is 15.5. The van der Waals surface area contributed by atoms with Gasteiger partial charge in [-0.2, -0.15) is 0 Å². The molecule has 4 rings (SSSR count). The summed E-state index contributed by atoms with van der Waals surface area (Å²) in [5.74, 6) is -0.294. The number of halogens is 1. The van der Waals surface area contributed by atoms with Crippen LogP contribution in [0.5, 0.6) is 0 Å². The smallest absolute Gasteiger partial charge is 0.328 e. The van der Waals surface area contributed by atoms with Crippen molar-refractivity contribution in [3.05, 3.63) is 76.6 Å². The second-order valence-electron chi connectivity index (χ2n) is 6.39. The van der Waals surface area contributed by atoms with E-state index in [0.717, 1.165) is 22.0 Å². The first-order valence-electron chi connectivity index (χ1n) is 8.73. The molecule has 27 heavy (non-hydrogen) atoms. The Kier molecular flexibility index (Phi) is 4.46. The Morgan fingerprint density at radius 1 is 1.07 bits per heavy atom. The number of amides is 3. The number of hydrogen-bond acceptors (Lipinski definition) is 2. The third-order valence-corrected chi connectivity index (χ3v) is 4.92. The largest absolute Gasteiger partial charge is 0.342 e. The molecule has 0 saturated carbocycles. The van der Waals surface area contributed by atoms with Crippen LogP contribution in [0.25, 0.3) is 17.0 Å². The summed E-state index contributed by atoms with van der Waals surface area (Å²) in [6.45, 7) is 2.81. The first-order valence-corrected chi connectivity index (χ1v) is 9.11. The Morgan fingerprint density at radius 3 is 2.52 bits per heavy atom. The lowest BCUT2D eigenvalue weighted by atomic mass is 10.1. The van der Waals surface area contributed by atoms with Gasteiger partial charge in [0.1, 0.15) is 5.70 Å². The fourth-order valence-corrected chi connectivity index (χ4v) is 3.45. The number of nitrogens with zero attached hydrogens (tertiary/aromatic N) is 2. The Hall–Kier alpha value is -3.05. The Balaban J connectivity index is 1.74. The summed E-state index contributed by atoms with van der Waals surface area (Å²) in [5.41, 5.74) is 3.38. The molecule has 0 spiro atoms. The maximum atomic E-state index is 12.4. The molecule has 3 aromatic rings. The fourth-order valence-electron chi connectivity index (χ4n) is 3.32. The Bertz CT molecular complexity index is 1070. The van der Waals surface area contributed by atoms with Gasteiger partial charge in [-0.05, 0) is 36.8 Å². The highest BCUT2D eigenvalue weighted by atomic mass is 35.5. The maximum Gasteiger partial charge on any atom is 0.328 e. The van der Waals surface area contributed by atoms with Crippen LogP contribution in [0.15, 0.2) is 60.4 Å². The van der Waals surface area contributed by atoms with Gasteiger partial charge in [-0.1, -0.05) is 41.9 Å². The normalized spacial score (nSPS) is 15.8. The molecule has 1 aliphatic rings. The van der Waals surface area contributed by atoms with E-state index in [0.29, 0.717) is 23.8 Å². The number of carbonyl (C=O) groups is 2. The minimum atomic E-state index is -0.376. The van der Waals surface area contributed by atoms with Gasteiger partial charge in [0.05, 0.1) is 0 Å². The summed E-state index contributed by atoms with van der Waals surface area (Å²) in [6, 6.07) is 15.4. The zero-order chi connectivity index (χ0) is 19.0. The van der Waals surface area contributed by atoms with Crippen molar-refractivity contribution in [3.63, 3.8) is 0 Å². The molecule has 1 aliphatic heterocycles. The monoisotopic (exact) mass is 379 g/mol. The fraction of sp³-hybridized carbons (Fsp3) is 0.143. The standard InChI is InChI=1S/C21H18ClN3O2/c1-2-25-20(26)18(23-21(25)27)11-15-13-24(19-6-4-3-5-17(15)19)12-14-7-9-16(22)10-8-14/h3-11,13H,2,12H2,1H3,(H,23,27). The van der Waals surface area contributed by atoms with Gasteiger partial charge in [0, 0.05) is 40.8 Å². The average molecular weight is 380 g/mol. The predicted octanol–water partition coefficient (Wildman–Crippen LogP) is 4.26. The van der Waals surface area contributed by atoms with Gasteiger partial charge in [0.25, 0.3) is 5.91 Å². The van der Waals surface area contributed by atoms with Crippen LogP contribution in [0.3, 0.4) is 0 Å². The van der Waals surface area contributed by atoms with Crippen molar-refractivity contribution in [1.29, 1.82) is 0 Å². The first-order chi connectivity index (χ1) is 13.1. The number of rotatable bonds is 4. The van der Waals surface area contributed by atoms with E-state index in [1.165, 1.54) is 4.90 Å². The summed E-state index contributed by atoms with van der Waals surface area (Å²) < 4.78 is 2.13. The molecular formula is C21H18ClN3O2. The quantitative estimate of drug-likeness (QED) is 0.544. The number of nitrogens with one attached hydrogen (secondary N) is 1.